The molecule has 7 nitrogen and oxygen atoms in total. The number of rotatable bonds is 4. The molecule has 1 N–H and O–H groups in total. The molecule has 0 aromatic heterocycles. The van der Waals surface area contributed by atoms with Crippen molar-refractivity contribution in [3.8, 4) is 0 Å². The van der Waals surface area contributed by atoms with Crippen LogP contribution in [0.2, 0.25) is 0 Å². The first-order valence-corrected chi connectivity index (χ1v) is 12.7. The number of fused-ring (bicyclic) bond motifs is 1. The Kier molecular flexibility index (Phi) is 6.36. The molecule has 164 valence electrons. The number of amides is 2. The number of sulfonamides is 1. The van der Waals surface area contributed by atoms with Crippen molar-refractivity contribution in [1.82, 2.24) is 9.21 Å². The van der Waals surface area contributed by atoms with Gasteiger partial charge in [0, 0.05) is 49.2 Å². The predicted octanol–water partition coefficient (Wildman–Crippen LogP) is 2.83. The van der Waals surface area contributed by atoms with Gasteiger partial charge >= 0.3 is 0 Å². The number of hydrogen-bond donors (Lipinski definition) is 1. The normalized spacial score (nSPS) is 17.1. The van der Waals surface area contributed by atoms with Crippen LogP contribution in [0, 0.1) is 0 Å². The van der Waals surface area contributed by atoms with E-state index >= 15 is 0 Å². The van der Waals surface area contributed by atoms with Gasteiger partial charge in [-0.05, 0) is 66.6 Å². The van der Waals surface area contributed by atoms with Crippen LogP contribution in [-0.2, 0) is 21.2 Å². The first kappa shape index (κ1) is 21.9. The number of benzene rings is 2. The molecule has 2 amide bonds. The zero-order valence-electron chi connectivity index (χ0n) is 17.3. The number of anilines is 1. The highest BCUT2D eigenvalue weighted by Gasteiger charge is 2.29. The average molecular weight is 460 g/mol. The van der Waals surface area contributed by atoms with Crippen molar-refractivity contribution < 1.29 is 18.0 Å². The zero-order chi connectivity index (χ0) is 22.0. The van der Waals surface area contributed by atoms with Crippen LogP contribution in [-0.4, -0.2) is 61.4 Å². The van der Waals surface area contributed by atoms with E-state index in [0.29, 0.717) is 24.3 Å². The molecule has 2 heterocycles. The van der Waals surface area contributed by atoms with Crippen LogP contribution in [0.3, 0.4) is 0 Å². The van der Waals surface area contributed by atoms with Crippen LogP contribution < -0.4 is 5.32 Å². The monoisotopic (exact) mass is 459 g/mol. The quantitative estimate of drug-likeness (QED) is 0.760. The van der Waals surface area contributed by atoms with Crippen molar-refractivity contribution in [1.29, 1.82) is 0 Å². The Morgan fingerprint density at radius 1 is 1.00 bits per heavy atom. The molecule has 9 heteroatoms. The molecule has 2 aliphatic heterocycles. The Labute approximate surface area is 186 Å². The van der Waals surface area contributed by atoms with Gasteiger partial charge in [-0.2, -0.15) is 4.31 Å². The van der Waals surface area contributed by atoms with Crippen LogP contribution in [0.25, 0.3) is 0 Å². The number of carbonyl (C=O) groups excluding carboxylic acids is 2. The van der Waals surface area contributed by atoms with Gasteiger partial charge in [-0.1, -0.05) is 0 Å². The highest BCUT2D eigenvalue weighted by Crippen LogP contribution is 2.30. The van der Waals surface area contributed by atoms with Crippen LogP contribution in [0.4, 0.5) is 5.69 Å². The molecule has 0 radical (unpaired) electrons. The summed E-state index contributed by atoms with van der Waals surface area (Å²) in [4.78, 5) is 27.1. The summed E-state index contributed by atoms with van der Waals surface area (Å²) < 4.78 is 27.2. The lowest BCUT2D eigenvalue weighted by molar-refractivity contribution is -0.129. The van der Waals surface area contributed by atoms with Gasteiger partial charge in [-0.15, -0.1) is 11.8 Å². The van der Waals surface area contributed by atoms with E-state index in [4.69, 9.17) is 0 Å². The molecule has 4 rings (SSSR count). The van der Waals surface area contributed by atoms with Gasteiger partial charge in [0.2, 0.25) is 15.9 Å². The molecule has 0 unspecified atom stereocenters. The summed E-state index contributed by atoms with van der Waals surface area (Å²) in [5.41, 5.74) is 2.34. The van der Waals surface area contributed by atoms with E-state index in [1.807, 2.05) is 30.0 Å². The summed E-state index contributed by atoms with van der Waals surface area (Å²) in [5, 5.41) is 2.84. The van der Waals surface area contributed by atoms with Crippen LogP contribution in [0.1, 0.15) is 29.3 Å². The fourth-order valence-corrected chi connectivity index (χ4v) is 6.25. The van der Waals surface area contributed by atoms with Gasteiger partial charge < -0.3 is 10.2 Å². The number of nitrogens with one attached hydrogen (secondary N) is 1. The zero-order valence-corrected chi connectivity index (χ0v) is 19.0. The maximum atomic E-state index is 12.9. The maximum absolute atomic E-state index is 12.9. The van der Waals surface area contributed by atoms with Gasteiger partial charge in [0.05, 0.1) is 4.90 Å². The number of hydrogen-bond acceptors (Lipinski definition) is 5. The summed E-state index contributed by atoms with van der Waals surface area (Å²) >= 11 is 1.82. The standard InChI is InChI=1S/C22H25N3O4S2/c1-16(26)24-10-12-25(13-11-24)31(28,29)20-7-5-19(6-8-20)23-22(27)18-4-9-21-17(15-18)3-2-14-30-21/h4-9,15H,2-3,10-14H2,1H3,(H,23,27). The van der Waals surface area contributed by atoms with E-state index in [0.717, 1.165) is 18.6 Å². The minimum absolute atomic E-state index is 0.0465. The Bertz CT molecular complexity index is 1090. The van der Waals surface area contributed by atoms with Gasteiger partial charge in [0.15, 0.2) is 0 Å². The lowest BCUT2D eigenvalue weighted by Gasteiger charge is -2.33. The van der Waals surface area contributed by atoms with Crippen molar-refractivity contribution in [3.05, 3.63) is 53.6 Å². The third-order valence-corrected chi connectivity index (χ3v) is 8.72. The molecule has 2 aliphatic rings. The Morgan fingerprint density at radius 3 is 2.39 bits per heavy atom. The third-order valence-electron chi connectivity index (χ3n) is 5.60. The number of piperazine rings is 1. The number of nitrogens with zero attached hydrogens (tertiary/aromatic N) is 2. The second-order valence-electron chi connectivity index (χ2n) is 7.66. The summed E-state index contributed by atoms with van der Waals surface area (Å²) in [7, 11) is -3.64. The van der Waals surface area contributed by atoms with E-state index in [1.165, 1.54) is 33.8 Å². The van der Waals surface area contributed by atoms with Gasteiger partial charge in [-0.25, -0.2) is 8.42 Å². The highest BCUT2D eigenvalue weighted by atomic mass is 32.2. The molecule has 1 fully saturated rings. The molecule has 0 saturated carbocycles. The molecule has 1 saturated heterocycles. The minimum atomic E-state index is -3.64. The summed E-state index contributed by atoms with van der Waals surface area (Å²) in [6, 6.07) is 12.0. The minimum Gasteiger partial charge on any atom is -0.340 e. The molecule has 31 heavy (non-hydrogen) atoms. The first-order valence-electron chi connectivity index (χ1n) is 10.3. The van der Waals surface area contributed by atoms with Crippen molar-refractivity contribution in [2.24, 2.45) is 0 Å². The molecular weight excluding hydrogens is 434 g/mol. The number of thioether (sulfide) groups is 1. The fraction of sp³-hybridized carbons (Fsp3) is 0.364. The van der Waals surface area contributed by atoms with E-state index in [9.17, 15) is 18.0 Å². The smallest absolute Gasteiger partial charge is 0.255 e. The van der Waals surface area contributed by atoms with Crippen LogP contribution in [0.15, 0.2) is 52.3 Å². The number of aryl methyl sites for hydroxylation is 1. The van der Waals surface area contributed by atoms with Crippen molar-refractivity contribution in [3.63, 3.8) is 0 Å². The van der Waals surface area contributed by atoms with Crippen molar-refractivity contribution in [2.75, 3.05) is 37.2 Å². The molecular formula is C22H25N3O4S2. The van der Waals surface area contributed by atoms with Crippen molar-refractivity contribution in [2.45, 2.75) is 29.6 Å². The molecule has 2 aromatic rings. The third kappa shape index (κ3) is 4.78. The molecule has 0 spiro atoms. The number of carbonyl (C=O) groups is 2. The molecule has 2 aromatic carbocycles. The lowest BCUT2D eigenvalue weighted by Crippen LogP contribution is -2.49. The molecule has 0 atom stereocenters. The van der Waals surface area contributed by atoms with E-state index in [-0.39, 0.29) is 29.8 Å². The Morgan fingerprint density at radius 2 is 1.71 bits per heavy atom. The SMILES string of the molecule is CC(=O)N1CCN(S(=O)(=O)c2ccc(NC(=O)c3ccc4c(c3)CCCS4)cc2)CC1. The van der Waals surface area contributed by atoms with E-state index < -0.39 is 10.0 Å². The van der Waals surface area contributed by atoms with Crippen molar-refractivity contribution >= 4 is 39.3 Å². The van der Waals surface area contributed by atoms with Gasteiger partial charge in [0.25, 0.3) is 5.91 Å². The fourth-order valence-electron chi connectivity index (χ4n) is 3.81. The van der Waals surface area contributed by atoms with Crippen LogP contribution >= 0.6 is 11.8 Å². The van der Waals surface area contributed by atoms with E-state index in [1.54, 1.807) is 17.0 Å². The van der Waals surface area contributed by atoms with Gasteiger partial charge in [0.1, 0.15) is 0 Å². The first-order chi connectivity index (χ1) is 14.8. The average Bonchev–Trinajstić information content (AvgIpc) is 2.79. The lowest BCUT2D eigenvalue weighted by atomic mass is 10.1. The van der Waals surface area contributed by atoms with Crippen LogP contribution in [0.5, 0.6) is 0 Å². The summed E-state index contributed by atoms with van der Waals surface area (Å²) in [6.45, 7) is 2.82. The summed E-state index contributed by atoms with van der Waals surface area (Å²) in [5.74, 6) is 0.851. The Balaban J connectivity index is 1.42. The maximum Gasteiger partial charge on any atom is 0.255 e. The Hall–Kier alpha value is -2.36. The summed E-state index contributed by atoms with van der Waals surface area (Å²) in [6.07, 6.45) is 2.10. The molecule has 0 aliphatic carbocycles. The van der Waals surface area contributed by atoms with Gasteiger partial charge in [-0.3, -0.25) is 9.59 Å². The highest BCUT2D eigenvalue weighted by molar-refractivity contribution is 7.99. The largest absolute Gasteiger partial charge is 0.340 e. The topological polar surface area (TPSA) is 86.8 Å². The molecule has 0 bridgehead atoms. The predicted molar refractivity (Wildman–Crippen MR) is 121 cm³/mol. The second-order valence-corrected chi connectivity index (χ2v) is 10.7. The van der Waals surface area contributed by atoms with E-state index in [2.05, 4.69) is 5.32 Å². The second kappa shape index (κ2) is 9.02.